The van der Waals surface area contributed by atoms with Gasteiger partial charge < -0.3 is 9.80 Å². The Bertz CT molecular complexity index is 1130. The third kappa shape index (κ3) is 3.68. The molecule has 7 nitrogen and oxygen atoms in total. The zero-order valence-corrected chi connectivity index (χ0v) is 18.6. The largest absolute Gasteiger partial charge is 0.353 e. The second-order valence-corrected chi connectivity index (χ2v) is 9.09. The van der Waals surface area contributed by atoms with Crippen LogP contribution in [0.25, 0.3) is 11.7 Å². The van der Waals surface area contributed by atoms with Gasteiger partial charge in [0.15, 0.2) is 0 Å². The van der Waals surface area contributed by atoms with Crippen molar-refractivity contribution in [1.82, 2.24) is 19.2 Å². The summed E-state index contributed by atoms with van der Waals surface area (Å²) in [7, 11) is 2.08. The molecule has 0 unspecified atom stereocenters. The predicted octanol–water partition coefficient (Wildman–Crippen LogP) is 2.14. The molecule has 2 fully saturated rings. The van der Waals surface area contributed by atoms with Gasteiger partial charge in [0.05, 0.1) is 10.5 Å². The van der Waals surface area contributed by atoms with Crippen LogP contribution in [0.3, 0.4) is 0 Å². The number of hydrogen-bond acceptors (Lipinski definition) is 7. The van der Waals surface area contributed by atoms with Crippen LogP contribution in [0.2, 0.25) is 0 Å². The third-order valence-electron chi connectivity index (χ3n) is 5.33. The Morgan fingerprint density at radius 1 is 1.27 bits per heavy atom. The van der Waals surface area contributed by atoms with E-state index >= 15 is 0 Å². The van der Waals surface area contributed by atoms with Gasteiger partial charge in [0.25, 0.3) is 11.5 Å². The maximum atomic E-state index is 13.4. The minimum atomic E-state index is -0.206. The Hall–Kier alpha value is -2.49. The van der Waals surface area contributed by atoms with E-state index in [-0.39, 0.29) is 11.5 Å². The van der Waals surface area contributed by atoms with Crippen LogP contribution in [-0.4, -0.2) is 69.2 Å². The summed E-state index contributed by atoms with van der Waals surface area (Å²) in [5.41, 5.74) is 1.79. The second-order valence-electron chi connectivity index (χ2n) is 7.41. The van der Waals surface area contributed by atoms with E-state index in [0.29, 0.717) is 32.8 Å². The lowest BCUT2D eigenvalue weighted by Gasteiger charge is -2.34. The van der Waals surface area contributed by atoms with E-state index in [1.54, 1.807) is 22.7 Å². The van der Waals surface area contributed by atoms with Gasteiger partial charge in [0, 0.05) is 38.9 Å². The number of thioether (sulfide) groups is 1. The molecule has 2 aliphatic heterocycles. The molecule has 0 atom stereocenters. The van der Waals surface area contributed by atoms with Gasteiger partial charge in [-0.1, -0.05) is 36.1 Å². The Morgan fingerprint density at radius 2 is 2.00 bits per heavy atom. The zero-order chi connectivity index (χ0) is 21.4. The summed E-state index contributed by atoms with van der Waals surface area (Å²) < 4.78 is 2.02. The fourth-order valence-electron chi connectivity index (χ4n) is 3.60. The van der Waals surface area contributed by atoms with Crippen molar-refractivity contribution in [3.05, 3.63) is 57.4 Å². The van der Waals surface area contributed by atoms with Crippen molar-refractivity contribution in [3.8, 4) is 0 Å². The summed E-state index contributed by atoms with van der Waals surface area (Å²) >= 11 is 6.55. The summed E-state index contributed by atoms with van der Waals surface area (Å²) in [6.07, 6.45) is 5.00. The summed E-state index contributed by atoms with van der Waals surface area (Å²) in [6, 6.07) is 3.77. The van der Waals surface area contributed by atoms with Gasteiger partial charge in [0.1, 0.15) is 15.8 Å². The number of carbonyl (C=O) groups excluding carboxylic acids is 1. The van der Waals surface area contributed by atoms with Crippen molar-refractivity contribution in [2.24, 2.45) is 0 Å². The SMILES string of the molecule is C=CCN1C(=O)/C(=C\c2c(N3CCN(C)CC3)nc3c(C)cccn3c2=O)SC1=S. The lowest BCUT2D eigenvalue weighted by molar-refractivity contribution is -0.121. The van der Waals surface area contributed by atoms with Crippen molar-refractivity contribution in [2.45, 2.75) is 6.92 Å². The molecule has 0 bridgehead atoms. The van der Waals surface area contributed by atoms with Crippen LogP contribution in [-0.2, 0) is 4.79 Å². The Balaban J connectivity index is 1.88. The van der Waals surface area contributed by atoms with Gasteiger partial charge >= 0.3 is 0 Å². The highest BCUT2D eigenvalue weighted by atomic mass is 32.2. The molecule has 0 aromatic carbocycles. The van der Waals surface area contributed by atoms with Crippen molar-refractivity contribution < 1.29 is 4.79 Å². The summed E-state index contributed by atoms with van der Waals surface area (Å²) in [5.74, 6) is 0.416. The van der Waals surface area contributed by atoms with Crippen molar-refractivity contribution in [3.63, 3.8) is 0 Å². The molecule has 9 heteroatoms. The number of rotatable bonds is 4. The number of thiocarbonyl (C=S) groups is 1. The van der Waals surface area contributed by atoms with Crippen LogP contribution in [0.1, 0.15) is 11.1 Å². The highest BCUT2D eigenvalue weighted by Gasteiger charge is 2.32. The average molecular weight is 442 g/mol. The molecule has 156 valence electrons. The number of fused-ring (bicyclic) bond motifs is 1. The molecule has 1 amide bonds. The number of nitrogens with zero attached hydrogens (tertiary/aromatic N) is 5. The maximum Gasteiger partial charge on any atom is 0.267 e. The predicted molar refractivity (Wildman–Crippen MR) is 126 cm³/mol. The van der Waals surface area contributed by atoms with Crippen LogP contribution >= 0.6 is 24.0 Å². The van der Waals surface area contributed by atoms with Gasteiger partial charge in [-0.3, -0.25) is 18.9 Å². The molecule has 2 saturated heterocycles. The first kappa shape index (κ1) is 20.8. The standard InChI is InChI=1S/C21H23N5O2S2/c1-4-7-26-20(28)16(30-21(26)29)13-15-18(24-11-9-23(3)10-12-24)22-17-14(2)6-5-8-25(17)19(15)27/h4-6,8,13H,1,7,9-12H2,2-3H3/b16-13+. The number of anilines is 1. The van der Waals surface area contributed by atoms with E-state index in [9.17, 15) is 9.59 Å². The fraction of sp³-hybridized carbons (Fsp3) is 0.333. The lowest BCUT2D eigenvalue weighted by atomic mass is 10.2. The monoisotopic (exact) mass is 441 g/mol. The average Bonchev–Trinajstić information content (AvgIpc) is 2.99. The van der Waals surface area contributed by atoms with Crippen LogP contribution in [0.5, 0.6) is 0 Å². The van der Waals surface area contributed by atoms with Gasteiger partial charge in [-0.05, 0) is 31.7 Å². The highest BCUT2D eigenvalue weighted by molar-refractivity contribution is 8.26. The molecule has 0 spiro atoms. The van der Waals surface area contributed by atoms with Gasteiger partial charge in [0.2, 0.25) is 0 Å². The molecule has 30 heavy (non-hydrogen) atoms. The van der Waals surface area contributed by atoms with E-state index in [1.165, 1.54) is 16.7 Å². The number of pyridine rings is 1. The molecule has 2 aliphatic rings. The normalized spacial score (nSPS) is 19.3. The highest BCUT2D eigenvalue weighted by Crippen LogP contribution is 2.33. The van der Waals surface area contributed by atoms with Gasteiger partial charge in [-0.15, -0.1) is 6.58 Å². The zero-order valence-electron chi connectivity index (χ0n) is 17.0. The van der Waals surface area contributed by atoms with E-state index < -0.39 is 0 Å². The first-order valence-corrected chi connectivity index (χ1v) is 10.9. The third-order valence-corrected chi connectivity index (χ3v) is 6.71. The topological polar surface area (TPSA) is 61.2 Å². The number of amides is 1. The van der Waals surface area contributed by atoms with Crippen LogP contribution in [0.4, 0.5) is 5.82 Å². The molecule has 2 aromatic heterocycles. The number of aromatic nitrogens is 2. The van der Waals surface area contributed by atoms with Gasteiger partial charge in [-0.25, -0.2) is 4.98 Å². The first-order chi connectivity index (χ1) is 14.4. The fourth-order valence-corrected chi connectivity index (χ4v) is 4.86. The molecule has 0 saturated carbocycles. The number of likely N-dealkylation sites (N-methyl/N-ethyl adjacent to an activating group) is 1. The minimum Gasteiger partial charge on any atom is -0.353 e. The molecule has 0 aliphatic carbocycles. The second kappa shape index (κ2) is 8.33. The Labute approximate surface area is 184 Å². The molecule has 4 rings (SSSR count). The smallest absolute Gasteiger partial charge is 0.267 e. The molecule has 4 heterocycles. The molecular formula is C21H23N5O2S2. The van der Waals surface area contributed by atoms with Crippen molar-refractivity contribution in [1.29, 1.82) is 0 Å². The summed E-state index contributed by atoms with van der Waals surface area (Å²) in [6.45, 7) is 9.28. The quantitative estimate of drug-likeness (QED) is 0.409. The van der Waals surface area contributed by atoms with Crippen molar-refractivity contribution in [2.75, 3.05) is 44.7 Å². The van der Waals surface area contributed by atoms with Crippen LogP contribution in [0.15, 0.2) is 40.7 Å². The first-order valence-electron chi connectivity index (χ1n) is 9.72. The van der Waals surface area contributed by atoms with E-state index in [2.05, 4.69) is 23.4 Å². The Morgan fingerprint density at radius 3 is 2.70 bits per heavy atom. The number of piperazine rings is 1. The summed E-state index contributed by atoms with van der Waals surface area (Å²) in [5, 5.41) is 0. The molecule has 0 radical (unpaired) electrons. The number of hydrogen-bond donors (Lipinski definition) is 0. The minimum absolute atomic E-state index is 0.188. The van der Waals surface area contributed by atoms with Gasteiger partial charge in [-0.2, -0.15) is 0 Å². The van der Waals surface area contributed by atoms with Crippen LogP contribution < -0.4 is 10.5 Å². The number of aryl methyl sites for hydroxylation is 1. The maximum absolute atomic E-state index is 13.4. The molecular weight excluding hydrogens is 418 g/mol. The molecule has 0 N–H and O–H groups in total. The molecule has 2 aromatic rings. The van der Waals surface area contributed by atoms with E-state index in [4.69, 9.17) is 17.2 Å². The Kier molecular flexibility index (Phi) is 5.77. The summed E-state index contributed by atoms with van der Waals surface area (Å²) in [4.78, 5) is 37.4. The van der Waals surface area contributed by atoms with E-state index in [0.717, 1.165) is 31.7 Å². The lowest BCUT2D eigenvalue weighted by Crippen LogP contribution is -2.45. The van der Waals surface area contributed by atoms with Crippen molar-refractivity contribution >= 4 is 51.7 Å². The van der Waals surface area contributed by atoms with E-state index in [1.807, 2.05) is 19.1 Å². The number of carbonyl (C=O) groups is 1. The van der Waals surface area contributed by atoms with Crippen LogP contribution in [0, 0.1) is 6.92 Å².